The predicted octanol–water partition coefficient (Wildman–Crippen LogP) is 2.44. The van der Waals surface area contributed by atoms with E-state index in [0.717, 1.165) is 17.7 Å². The molecule has 0 unspecified atom stereocenters. The lowest BCUT2D eigenvalue weighted by atomic mass is 10.1. The molecule has 142 valence electrons. The van der Waals surface area contributed by atoms with E-state index in [2.05, 4.69) is 29.2 Å². The van der Waals surface area contributed by atoms with Crippen molar-refractivity contribution in [2.24, 2.45) is 5.92 Å². The van der Waals surface area contributed by atoms with Crippen LogP contribution in [0.15, 0.2) is 41.6 Å². The fourth-order valence-corrected chi connectivity index (χ4v) is 2.79. The Morgan fingerprint density at radius 3 is 2.67 bits per heavy atom. The molecule has 0 atom stereocenters. The summed E-state index contributed by atoms with van der Waals surface area (Å²) in [6, 6.07) is 7.86. The Hall–Kier alpha value is -2.96. The van der Waals surface area contributed by atoms with Gasteiger partial charge in [-0.05, 0) is 31.4 Å². The van der Waals surface area contributed by atoms with Gasteiger partial charge < -0.3 is 5.32 Å². The van der Waals surface area contributed by atoms with E-state index in [9.17, 15) is 9.59 Å². The first-order chi connectivity index (χ1) is 13.0. The molecular weight excluding hydrogens is 342 g/mol. The molecule has 0 saturated carbocycles. The summed E-state index contributed by atoms with van der Waals surface area (Å²) in [4.78, 5) is 29.0. The van der Waals surface area contributed by atoms with Crippen LogP contribution in [0.4, 0.5) is 0 Å². The molecule has 0 bridgehead atoms. The van der Waals surface area contributed by atoms with E-state index in [1.807, 2.05) is 31.2 Å². The van der Waals surface area contributed by atoms with Crippen LogP contribution in [0.3, 0.4) is 0 Å². The molecule has 0 aliphatic heterocycles. The molecule has 0 fully saturated rings. The highest BCUT2D eigenvalue weighted by Crippen LogP contribution is 2.14. The van der Waals surface area contributed by atoms with Crippen molar-refractivity contribution in [3.63, 3.8) is 0 Å². The van der Waals surface area contributed by atoms with E-state index >= 15 is 0 Å². The summed E-state index contributed by atoms with van der Waals surface area (Å²) >= 11 is 0. The lowest BCUT2D eigenvalue weighted by Gasteiger charge is -2.08. The normalized spacial score (nSPS) is 11.3. The van der Waals surface area contributed by atoms with Crippen molar-refractivity contribution in [3.8, 4) is 5.69 Å². The maximum Gasteiger partial charge on any atom is 0.264 e. The van der Waals surface area contributed by atoms with Crippen LogP contribution in [0.25, 0.3) is 16.7 Å². The monoisotopic (exact) mass is 367 g/mol. The molecule has 7 nitrogen and oxygen atoms in total. The Morgan fingerprint density at radius 1 is 1.22 bits per heavy atom. The standard InChI is InChI=1S/C20H25N5O2/c1-14(2)8-10-21-18(26)9-11-24-13-22-19-17(20(24)27)12-23-25(19)16-6-4-15(3)5-7-16/h4-7,12-14H,8-11H2,1-3H3,(H,21,26). The van der Waals surface area contributed by atoms with E-state index in [4.69, 9.17) is 0 Å². The van der Waals surface area contributed by atoms with E-state index in [1.54, 1.807) is 4.68 Å². The van der Waals surface area contributed by atoms with Gasteiger partial charge in [0.15, 0.2) is 5.65 Å². The second kappa shape index (κ2) is 8.16. The second-order valence-corrected chi connectivity index (χ2v) is 7.15. The lowest BCUT2D eigenvalue weighted by molar-refractivity contribution is -0.121. The van der Waals surface area contributed by atoms with Gasteiger partial charge in [-0.15, -0.1) is 0 Å². The molecule has 2 heterocycles. The maximum absolute atomic E-state index is 12.7. The molecule has 0 spiro atoms. The van der Waals surface area contributed by atoms with Crippen LogP contribution < -0.4 is 10.9 Å². The van der Waals surface area contributed by atoms with Gasteiger partial charge in [0.05, 0.1) is 18.2 Å². The Balaban J connectivity index is 1.74. The van der Waals surface area contributed by atoms with Crippen molar-refractivity contribution in [1.82, 2.24) is 24.6 Å². The topological polar surface area (TPSA) is 81.8 Å². The minimum Gasteiger partial charge on any atom is -0.356 e. The van der Waals surface area contributed by atoms with Crippen molar-refractivity contribution in [3.05, 3.63) is 52.7 Å². The Labute approximate surface area is 158 Å². The van der Waals surface area contributed by atoms with Crippen LogP contribution in [0.5, 0.6) is 0 Å². The minimum atomic E-state index is -0.187. The van der Waals surface area contributed by atoms with E-state index < -0.39 is 0 Å². The van der Waals surface area contributed by atoms with Crippen molar-refractivity contribution in [2.45, 2.75) is 40.2 Å². The predicted molar refractivity (Wildman–Crippen MR) is 105 cm³/mol. The molecule has 0 aliphatic carbocycles. The summed E-state index contributed by atoms with van der Waals surface area (Å²) in [5.41, 5.74) is 2.33. The largest absolute Gasteiger partial charge is 0.356 e. The van der Waals surface area contributed by atoms with Crippen LogP contribution in [0, 0.1) is 12.8 Å². The number of aryl methyl sites for hydroxylation is 2. The van der Waals surface area contributed by atoms with Gasteiger partial charge in [0.25, 0.3) is 5.56 Å². The van der Waals surface area contributed by atoms with Crippen molar-refractivity contribution in [1.29, 1.82) is 0 Å². The number of rotatable bonds is 7. The summed E-state index contributed by atoms with van der Waals surface area (Å²) in [6.07, 6.45) is 4.21. The zero-order chi connectivity index (χ0) is 19.4. The Morgan fingerprint density at radius 2 is 1.96 bits per heavy atom. The van der Waals surface area contributed by atoms with Crippen molar-refractivity contribution >= 4 is 16.9 Å². The van der Waals surface area contributed by atoms with Crippen LogP contribution in [-0.2, 0) is 11.3 Å². The molecule has 27 heavy (non-hydrogen) atoms. The van der Waals surface area contributed by atoms with Crippen molar-refractivity contribution in [2.75, 3.05) is 6.54 Å². The number of aromatic nitrogens is 4. The number of nitrogens with zero attached hydrogens (tertiary/aromatic N) is 4. The molecule has 7 heteroatoms. The average Bonchev–Trinajstić information content (AvgIpc) is 3.06. The first-order valence-electron chi connectivity index (χ1n) is 9.22. The van der Waals surface area contributed by atoms with Gasteiger partial charge in [-0.3, -0.25) is 14.2 Å². The molecule has 1 aromatic carbocycles. The molecule has 3 rings (SSSR count). The number of hydrogen-bond acceptors (Lipinski definition) is 4. The highest BCUT2D eigenvalue weighted by molar-refractivity contribution is 5.76. The summed E-state index contributed by atoms with van der Waals surface area (Å²) < 4.78 is 3.12. The minimum absolute atomic E-state index is 0.0574. The second-order valence-electron chi connectivity index (χ2n) is 7.15. The first-order valence-corrected chi connectivity index (χ1v) is 9.22. The number of carbonyl (C=O) groups is 1. The highest BCUT2D eigenvalue weighted by Gasteiger charge is 2.12. The maximum atomic E-state index is 12.7. The van der Waals surface area contributed by atoms with Gasteiger partial charge >= 0.3 is 0 Å². The van der Waals surface area contributed by atoms with Gasteiger partial charge in [0, 0.05) is 19.5 Å². The zero-order valence-corrected chi connectivity index (χ0v) is 16.0. The number of hydrogen-bond donors (Lipinski definition) is 1. The summed E-state index contributed by atoms with van der Waals surface area (Å²) in [5, 5.41) is 7.63. The number of amides is 1. The van der Waals surface area contributed by atoms with Gasteiger partial charge in [0.1, 0.15) is 5.39 Å². The van der Waals surface area contributed by atoms with Gasteiger partial charge in [0.2, 0.25) is 5.91 Å². The van der Waals surface area contributed by atoms with E-state index in [-0.39, 0.29) is 17.9 Å². The SMILES string of the molecule is Cc1ccc(-n2ncc3c(=O)n(CCC(=O)NCCC(C)C)cnc32)cc1. The molecule has 0 aliphatic rings. The van der Waals surface area contributed by atoms with Crippen molar-refractivity contribution < 1.29 is 4.79 Å². The molecule has 0 radical (unpaired) electrons. The third-order valence-electron chi connectivity index (χ3n) is 4.46. The van der Waals surface area contributed by atoms with Crippen LogP contribution >= 0.6 is 0 Å². The Bertz CT molecular complexity index is 986. The third-order valence-corrected chi connectivity index (χ3v) is 4.46. The van der Waals surface area contributed by atoms with Crippen LogP contribution in [0.2, 0.25) is 0 Å². The fraction of sp³-hybridized carbons (Fsp3) is 0.400. The third kappa shape index (κ3) is 4.42. The number of fused-ring (bicyclic) bond motifs is 1. The van der Waals surface area contributed by atoms with E-state index in [1.165, 1.54) is 17.1 Å². The quantitative estimate of drug-likeness (QED) is 0.695. The first kappa shape index (κ1) is 18.8. The fourth-order valence-electron chi connectivity index (χ4n) is 2.79. The van der Waals surface area contributed by atoms with E-state index in [0.29, 0.717) is 30.0 Å². The highest BCUT2D eigenvalue weighted by atomic mass is 16.1. The van der Waals surface area contributed by atoms with Crippen LogP contribution in [0.1, 0.15) is 32.3 Å². The zero-order valence-electron chi connectivity index (χ0n) is 16.0. The Kier molecular flexibility index (Phi) is 5.69. The smallest absolute Gasteiger partial charge is 0.264 e. The molecule has 1 amide bonds. The summed E-state index contributed by atoms with van der Waals surface area (Å²) in [7, 11) is 0. The summed E-state index contributed by atoms with van der Waals surface area (Å²) in [5.74, 6) is 0.489. The molecular formula is C20H25N5O2. The van der Waals surface area contributed by atoms with Crippen LogP contribution in [-0.4, -0.2) is 31.8 Å². The molecule has 0 saturated heterocycles. The molecule has 1 N–H and O–H groups in total. The summed E-state index contributed by atoms with van der Waals surface area (Å²) in [6.45, 7) is 7.20. The number of benzene rings is 1. The van der Waals surface area contributed by atoms with Gasteiger partial charge in [-0.25, -0.2) is 9.67 Å². The molecule has 2 aromatic heterocycles. The number of nitrogens with one attached hydrogen (secondary N) is 1. The van der Waals surface area contributed by atoms with Gasteiger partial charge in [-0.1, -0.05) is 31.5 Å². The number of carbonyl (C=O) groups excluding carboxylic acids is 1. The van der Waals surface area contributed by atoms with Gasteiger partial charge in [-0.2, -0.15) is 5.10 Å². The average molecular weight is 367 g/mol. The lowest BCUT2D eigenvalue weighted by Crippen LogP contribution is -2.28. The molecule has 3 aromatic rings.